The number of fused-ring (bicyclic) bond motifs is 2. The molecule has 1 N–H and O–H groups in total. The Bertz CT molecular complexity index is 936. The summed E-state index contributed by atoms with van der Waals surface area (Å²) < 4.78 is 12.8. The van der Waals surface area contributed by atoms with E-state index in [0.29, 0.717) is 29.2 Å². The van der Waals surface area contributed by atoms with Crippen LogP contribution in [0.5, 0.6) is 5.75 Å². The number of hydrogen-bond donors (Lipinski definition) is 1. The van der Waals surface area contributed by atoms with E-state index < -0.39 is 0 Å². The Hall–Kier alpha value is -2.87. The molecule has 1 aromatic heterocycles. The van der Waals surface area contributed by atoms with E-state index in [-0.39, 0.29) is 30.6 Å². The summed E-state index contributed by atoms with van der Waals surface area (Å²) in [4.78, 5) is 27.0. The van der Waals surface area contributed by atoms with E-state index in [1.165, 1.54) is 4.90 Å². The van der Waals surface area contributed by atoms with Crippen LogP contribution in [0.2, 0.25) is 0 Å². The van der Waals surface area contributed by atoms with Crippen LogP contribution < -0.4 is 15.0 Å². The van der Waals surface area contributed by atoms with Crippen molar-refractivity contribution in [1.29, 1.82) is 0 Å². The van der Waals surface area contributed by atoms with Gasteiger partial charge in [0.15, 0.2) is 5.69 Å². The molecule has 2 atom stereocenters. The molecule has 4 rings (SSSR count). The molecule has 2 amide bonds. The molecule has 0 fully saturated rings. The number of amides is 2. The van der Waals surface area contributed by atoms with Crippen LogP contribution in [0.3, 0.4) is 0 Å². The first kappa shape index (κ1) is 17.5. The van der Waals surface area contributed by atoms with Crippen molar-refractivity contribution in [3.63, 3.8) is 0 Å². The molecule has 1 aromatic carbocycles. The third kappa shape index (κ3) is 2.86. The molecule has 0 radical (unpaired) electrons. The molecular weight excluding hydrogens is 348 g/mol. The standard InChI is InChI=1S/C19H22N4O4/c1-10-7-13-17(21-22(3)18(13)11(2)27-10)19(25)23-9-16(24)20-14-6-5-12(26-4)8-15(14)23/h5-6,8,10-11H,7,9H2,1-4H3,(H,20,24)/t10-,11+/m0/s1. The molecule has 3 heterocycles. The smallest absolute Gasteiger partial charge is 0.279 e. The maximum atomic E-state index is 13.4. The van der Waals surface area contributed by atoms with Crippen molar-refractivity contribution in [3.05, 3.63) is 35.2 Å². The molecule has 27 heavy (non-hydrogen) atoms. The molecule has 142 valence electrons. The monoisotopic (exact) mass is 370 g/mol. The predicted octanol–water partition coefficient (Wildman–Crippen LogP) is 2.05. The lowest BCUT2D eigenvalue weighted by Crippen LogP contribution is -2.42. The first-order valence-electron chi connectivity index (χ1n) is 8.90. The van der Waals surface area contributed by atoms with Crippen molar-refractivity contribution in [2.24, 2.45) is 7.05 Å². The van der Waals surface area contributed by atoms with Crippen LogP contribution in [0.1, 0.15) is 41.7 Å². The molecule has 0 saturated carbocycles. The van der Waals surface area contributed by atoms with Crippen molar-refractivity contribution in [3.8, 4) is 5.75 Å². The van der Waals surface area contributed by atoms with E-state index in [9.17, 15) is 9.59 Å². The zero-order valence-corrected chi connectivity index (χ0v) is 15.8. The van der Waals surface area contributed by atoms with Crippen LogP contribution in [0.25, 0.3) is 0 Å². The molecule has 2 aliphatic heterocycles. The molecule has 0 bridgehead atoms. The Morgan fingerprint density at radius 2 is 2.15 bits per heavy atom. The third-order valence-corrected chi connectivity index (χ3v) is 5.03. The van der Waals surface area contributed by atoms with Gasteiger partial charge in [-0.3, -0.25) is 19.2 Å². The van der Waals surface area contributed by atoms with Gasteiger partial charge in [-0.05, 0) is 26.0 Å². The minimum Gasteiger partial charge on any atom is -0.497 e. The summed E-state index contributed by atoms with van der Waals surface area (Å²) in [5.41, 5.74) is 3.35. The van der Waals surface area contributed by atoms with Crippen LogP contribution >= 0.6 is 0 Å². The second-order valence-corrected chi connectivity index (χ2v) is 6.95. The van der Waals surface area contributed by atoms with Gasteiger partial charge in [0.25, 0.3) is 5.91 Å². The van der Waals surface area contributed by atoms with Gasteiger partial charge in [0.2, 0.25) is 5.91 Å². The number of aryl methyl sites for hydroxylation is 1. The number of anilines is 2. The number of carbonyl (C=O) groups excluding carboxylic acids is 2. The lowest BCUT2D eigenvalue weighted by Gasteiger charge is -2.30. The van der Waals surface area contributed by atoms with Crippen LogP contribution in [0.15, 0.2) is 18.2 Å². The van der Waals surface area contributed by atoms with E-state index in [0.717, 1.165) is 11.3 Å². The van der Waals surface area contributed by atoms with E-state index in [2.05, 4.69) is 10.4 Å². The van der Waals surface area contributed by atoms with Crippen LogP contribution in [0, 0.1) is 0 Å². The highest BCUT2D eigenvalue weighted by Crippen LogP contribution is 2.36. The summed E-state index contributed by atoms with van der Waals surface area (Å²) in [5.74, 6) is 0.0785. The van der Waals surface area contributed by atoms with Gasteiger partial charge in [-0.2, -0.15) is 5.10 Å². The fraction of sp³-hybridized carbons (Fsp3) is 0.421. The highest BCUT2D eigenvalue weighted by atomic mass is 16.5. The molecule has 0 unspecified atom stereocenters. The van der Waals surface area contributed by atoms with E-state index in [1.54, 1.807) is 30.0 Å². The first-order valence-corrected chi connectivity index (χ1v) is 8.90. The number of nitrogens with one attached hydrogen (secondary N) is 1. The predicted molar refractivity (Wildman–Crippen MR) is 99.2 cm³/mol. The van der Waals surface area contributed by atoms with Gasteiger partial charge in [0.05, 0.1) is 36.4 Å². The number of rotatable bonds is 2. The normalized spacial score (nSPS) is 21.3. The summed E-state index contributed by atoms with van der Waals surface area (Å²) >= 11 is 0. The number of methoxy groups -OCH3 is 1. The summed E-state index contributed by atoms with van der Waals surface area (Å²) in [7, 11) is 3.37. The topological polar surface area (TPSA) is 85.7 Å². The van der Waals surface area contributed by atoms with Crippen LogP contribution in [-0.4, -0.2) is 41.4 Å². The number of ether oxygens (including phenoxy) is 2. The Balaban J connectivity index is 1.79. The average Bonchev–Trinajstić information content (AvgIpc) is 2.96. The fourth-order valence-corrected chi connectivity index (χ4v) is 3.91. The maximum absolute atomic E-state index is 13.4. The van der Waals surface area contributed by atoms with Gasteiger partial charge >= 0.3 is 0 Å². The summed E-state index contributed by atoms with van der Waals surface area (Å²) in [6, 6.07) is 5.23. The molecule has 2 aromatic rings. The molecule has 0 spiro atoms. The average molecular weight is 370 g/mol. The van der Waals surface area contributed by atoms with Crippen molar-refractivity contribution < 1.29 is 19.1 Å². The number of nitrogens with zero attached hydrogens (tertiary/aromatic N) is 3. The molecule has 8 heteroatoms. The fourth-order valence-electron chi connectivity index (χ4n) is 3.91. The Morgan fingerprint density at radius 3 is 2.89 bits per heavy atom. The summed E-state index contributed by atoms with van der Waals surface area (Å²) in [6.07, 6.45) is 0.472. The quantitative estimate of drug-likeness (QED) is 0.874. The van der Waals surface area contributed by atoms with Gasteiger partial charge in [0, 0.05) is 25.1 Å². The zero-order valence-electron chi connectivity index (χ0n) is 15.8. The summed E-state index contributed by atoms with van der Waals surface area (Å²) in [6.45, 7) is 3.88. The van der Waals surface area contributed by atoms with Gasteiger partial charge in [-0.15, -0.1) is 0 Å². The Labute approximate surface area is 157 Å². The number of hydrogen-bond acceptors (Lipinski definition) is 5. The largest absolute Gasteiger partial charge is 0.497 e. The molecular formula is C19H22N4O4. The highest BCUT2D eigenvalue weighted by molar-refractivity contribution is 6.15. The van der Waals surface area contributed by atoms with Crippen LogP contribution in [0.4, 0.5) is 11.4 Å². The SMILES string of the molecule is COc1ccc2c(c1)N(C(=O)c1nn(C)c3c1C[C@H](C)O[C@@H]3C)CC(=O)N2. The van der Waals surface area contributed by atoms with Crippen molar-refractivity contribution >= 4 is 23.2 Å². The number of benzene rings is 1. The molecule has 2 aliphatic rings. The van der Waals surface area contributed by atoms with Crippen molar-refractivity contribution in [2.75, 3.05) is 23.9 Å². The van der Waals surface area contributed by atoms with Gasteiger partial charge in [-0.1, -0.05) is 0 Å². The van der Waals surface area contributed by atoms with E-state index in [1.807, 2.05) is 20.9 Å². The van der Waals surface area contributed by atoms with Crippen molar-refractivity contribution in [1.82, 2.24) is 9.78 Å². The third-order valence-electron chi connectivity index (χ3n) is 5.03. The maximum Gasteiger partial charge on any atom is 0.279 e. The number of carbonyl (C=O) groups is 2. The lowest BCUT2D eigenvalue weighted by atomic mass is 9.99. The minimum absolute atomic E-state index is 0.000264. The number of aromatic nitrogens is 2. The minimum atomic E-state index is -0.294. The van der Waals surface area contributed by atoms with Gasteiger partial charge in [-0.25, -0.2) is 0 Å². The van der Waals surface area contributed by atoms with Crippen LogP contribution in [-0.2, 0) is 23.0 Å². The Kier molecular flexibility index (Phi) is 4.15. The molecule has 0 aliphatic carbocycles. The lowest BCUT2D eigenvalue weighted by molar-refractivity contribution is -0.115. The van der Waals surface area contributed by atoms with E-state index >= 15 is 0 Å². The first-order chi connectivity index (χ1) is 12.9. The van der Waals surface area contributed by atoms with Gasteiger partial charge in [0.1, 0.15) is 12.3 Å². The second kappa shape index (κ2) is 6.38. The van der Waals surface area contributed by atoms with E-state index in [4.69, 9.17) is 9.47 Å². The Morgan fingerprint density at radius 1 is 1.37 bits per heavy atom. The second-order valence-electron chi connectivity index (χ2n) is 6.95. The zero-order chi connectivity index (χ0) is 19.3. The summed E-state index contributed by atoms with van der Waals surface area (Å²) in [5, 5.41) is 7.27. The molecule has 0 saturated heterocycles. The highest BCUT2D eigenvalue weighted by Gasteiger charge is 2.35. The molecule has 8 nitrogen and oxygen atoms in total. The van der Waals surface area contributed by atoms with Crippen molar-refractivity contribution in [2.45, 2.75) is 32.5 Å². The van der Waals surface area contributed by atoms with Gasteiger partial charge < -0.3 is 14.8 Å².